The van der Waals surface area contributed by atoms with Crippen LogP contribution in [0.4, 0.5) is 11.4 Å². The van der Waals surface area contributed by atoms with Crippen LogP contribution in [0.1, 0.15) is 38.2 Å². The van der Waals surface area contributed by atoms with Gasteiger partial charge in [0.15, 0.2) is 0 Å². The number of hydrogen-bond acceptors (Lipinski definition) is 4. The lowest BCUT2D eigenvalue weighted by Gasteiger charge is -2.16. The van der Waals surface area contributed by atoms with Crippen molar-refractivity contribution in [2.24, 2.45) is 0 Å². The van der Waals surface area contributed by atoms with E-state index in [4.69, 9.17) is 4.74 Å². The fourth-order valence-corrected chi connectivity index (χ4v) is 2.77. The van der Waals surface area contributed by atoms with Gasteiger partial charge in [0.25, 0.3) is 0 Å². The highest BCUT2D eigenvalue weighted by Gasteiger charge is 2.09. The number of ether oxygens (including phenoxy) is 1. The van der Waals surface area contributed by atoms with Crippen LogP contribution in [0.25, 0.3) is 0 Å². The Morgan fingerprint density at radius 2 is 1.72 bits per heavy atom. The van der Waals surface area contributed by atoms with Crippen LogP contribution in [0.5, 0.6) is 0 Å². The van der Waals surface area contributed by atoms with Crippen molar-refractivity contribution < 1.29 is 19.1 Å². The molecule has 0 aliphatic heterocycles. The van der Waals surface area contributed by atoms with Crippen LogP contribution >= 0.6 is 0 Å². The molecule has 0 atom stereocenters. The van der Waals surface area contributed by atoms with Crippen LogP contribution in [-0.2, 0) is 25.5 Å². The Labute approximate surface area is 171 Å². The Balaban J connectivity index is 1.63. The van der Waals surface area contributed by atoms with Crippen molar-refractivity contribution in [2.45, 2.75) is 39.0 Å². The monoisotopic (exact) mass is 396 g/mol. The summed E-state index contributed by atoms with van der Waals surface area (Å²) in [7, 11) is 1.68. The minimum absolute atomic E-state index is 0.0873. The molecule has 0 spiro atoms. The molecule has 29 heavy (non-hydrogen) atoms. The summed E-state index contributed by atoms with van der Waals surface area (Å²) < 4.78 is 5.22. The fraction of sp³-hybridized carbons (Fsp3) is 0.348. The van der Waals surface area contributed by atoms with Crippen molar-refractivity contribution in [1.29, 1.82) is 0 Å². The molecule has 0 aromatic heterocycles. The quantitative estimate of drug-likeness (QED) is 0.487. The standard InChI is InChI=1S/C23H28N2O4/c1-18(26)25(2)21-13-6-12-20(17-21)24-22(27)14-7-15-23(28)29-16-8-11-19-9-4-3-5-10-19/h3-6,9-10,12-13,17H,7-8,11,14-16H2,1-2H3,(H,24,27). The van der Waals surface area contributed by atoms with Gasteiger partial charge in [-0.05, 0) is 43.0 Å². The third kappa shape index (κ3) is 8.17. The smallest absolute Gasteiger partial charge is 0.305 e. The topological polar surface area (TPSA) is 75.7 Å². The summed E-state index contributed by atoms with van der Waals surface area (Å²) in [6.45, 7) is 1.86. The van der Waals surface area contributed by atoms with E-state index < -0.39 is 0 Å². The van der Waals surface area contributed by atoms with Gasteiger partial charge in [-0.2, -0.15) is 0 Å². The molecule has 0 bridgehead atoms. The van der Waals surface area contributed by atoms with Gasteiger partial charge in [-0.25, -0.2) is 0 Å². The number of esters is 1. The van der Waals surface area contributed by atoms with Crippen LogP contribution < -0.4 is 10.2 Å². The zero-order valence-corrected chi connectivity index (χ0v) is 17.0. The zero-order valence-electron chi connectivity index (χ0n) is 17.0. The van der Waals surface area contributed by atoms with E-state index in [1.165, 1.54) is 17.4 Å². The molecule has 0 aliphatic rings. The molecule has 0 radical (unpaired) electrons. The predicted molar refractivity (Wildman–Crippen MR) is 114 cm³/mol. The number of carbonyl (C=O) groups is 3. The first-order valence-electron chi connectivity index (χ1n) is 9.79. The van der Waals surface area contributed by atoms with Crippen LogP contribution in [-0.4, -0.2) is 31.4 Å². The Hall–Kier alpha value is -3.15. The Morgan fingerprint density at radius 3 is 2.45 bits per heavy atom. The maximum Gasteiger partial charge on any atom is 0.305 e. The number of carbonyl (C=O) groups excluding carboxylic acids is 3. The van der Waals surface area contributed by atoms with Gasteiger partial charge in [-0.15, -0.1) is 0 Å². The van der Waals surface area contributed by atoms with Crippen molar-refractivity contribution in [3.63, 3.8) is 0 Å². The summed E-state index contributed by atoms with van der Waals surface area (Å²) in [5.74, 6) is -0.545. The lowest BCUT2D eigenvalue weighted by atomic mass is 10.1. The van der Waals surface area contributed by atoms with Gasteiger partial charge in [-0.1, -0.05) is 36.4 Å². The first-order chi connectivity index (χ1) is 14.0. The molecule has 0 saturated carbocycles. The number of amides is 2. The average molecular weight is 396 g/mol. The van der Waals surface area contributed by atoms with Gasteiger partial charge >= 0.3 is 5.97 Å². The summed E-state index contributed by atoms with van der Waals surface area (Å²) in [6.07, 6.45) is 2.52. The summed E-state index contributed by atoms with van der Waals surface area (Å²) in [5, 5.41) is 2.79. The van der Waals surface area contributed by atoms with Gasteiger partial charge < -0.3 is 15.0 Å². The molecule has 6 nitrogen and oxygen atoms in total. The first kappa shape index (κ1) is 22.1. The predicted octanol–water partition coefficient (Wildman–Crippen LogP) is 3.95. The second kappa shape index (κ2) is 11.6. The molecule has 0 heterocycles. The van der Waals surface area contributed by atoms with E-state index in [9.17, 15) is 14.4 Å². The number of hydrogen-bond donors (Lipinski definition) is 1. The van der Waals surface area contributed by atoms with Gasteiger partial charge in [0.05, 0.1) is 6.61 Å². The molecule has 154 valence electrons. The molecule has 2 aromatic carbocycles. The molecule has 0 fully saturated rings. The van der Waals surface area contributed by atoms with Crippen LogP contribution in [0, 0.1) is 0 Å². The third-order valence-corrected chi connectivity index (χ3v) is 4.49. The molecule has 1 N–H and O–H groups in total. The number of anilines is 2. The summed E-state index contributed by atoms with van der Waals surface area (Å²) in [4.78, 5) is 36.8. The lowest BCUT2D eigenvalue weighted by Crippen LogP contribution is -2.23. The Morgan fingerprint density at radius 1 is 0.966 bits per heavy atom. The van der Waals surface area contributed by atoms with Crippen molar-refractivity contribution in [3.8, 4) is 0 Å². The second-order valence-corrected chi connectivity index (χ2v) is 6.84. The van der Waals surface area contributed by atoms with Gasteiger partial charge in [-0.3, -0.25) is 14.4 Å². The molecule has 0 unspecified atom stereocenters. The fourth-order valence-electron chi connectivity index (χ4n) is 2.77. The summed E-state index contributed by atoms with van der Waals surface area (Å²) in [6, 6.07) is 17.1. The molecular weight excluding hydrogens is 368 g/mol. The van der Waals surface area contributed by atoms with Crippen LogP contribution in [0.15, 0.2) is 54.6 Å². The van der Waals surface area contributed by atoms with E-state index >= 15 is 0 Å². The lowest BCUT2D eigenvalue weighted by molar-refractivity contribution is -0.143. The minimum Gasteiger partial charge on any atom is -0.466 e. The number of nitrogens with one attached hydrogen (secondary N) is 1. The SMILES string of the molecule is CC(=O)N(C)c1cccc(NC(=O)CCCC(=O)OCCCc2ccccc2)c1. The molecule has 0 saturated heterocycles. The highest BCUT2D eigenvalue weighted by atomic mass is 16.5. The van der Waals surface area contributed by atoms with Gasteiger partial charge in [0.1, 0.15) is 0 Å². The van der Waals surface area contributed by atoms with Gasteiger partial charge in [0.2, 0.25) is 11.8 Å². The molecular formula is C23H28N2O4. The van der Waals surface area contributed by atoms with Crippen LogP contribution in [0.2, 0.25) is 0 Å². The van der Waals surface area contributed by atoms with Crippen molar-refractivity contribution in [3.05, 3.63) is 60.2 Å². The number of nitrogens with zero attached hydrogens (tertiary/aromatic N) is 1. The average Bonchev–Trinajstić information content (AvgIpc) is 2.71. The Bertz CT molecular complexity index is 821. The Kier molecular flexibility index (Phi) is 8.89. The van der Waals surface area contributed by atoms with E-state index in [0.717, 1.165) is 12.8 Å². The minimum atomic E-state index is -0.282. The van der Waals surface area contributed by atoms with Crippen molar-refractivity contribution in [1.82, 2.24) is 0 Å². The second-order valence-electron chi connectivity index (χ2n) is 6.84. The number of benzene rings is 2. The number of aryl methyl sites for hydroxylation is 1. The van der Waals surface area contributed by atoms with E-state index in [1.807, 2.05) is 30.3 Å². The van der Waals surface area contributed by atoms with Crippen LogP contribution in [0.3, 0.4) is 0 Å². The maximum atomic E-state index is 12.1. The normalized spacial score (nSPS) is 10.3. The largest absolute Gasteiger partial charge is 0.466 e. The third-order valence-electron chi connectivity index (χ3n) is 4.49. The van der Waals surface area contributed by atoms with E-state index in [1.54, 1.807) is 31.3 Å². The van der Waals surface area contributed by atoms with E-state index in [-0.39, 0.29) is 30.6 Å². The first-order valence-corrected chi connectivity index (χ1v) is 9.79. The van der Waals surface area contributed by atoms with Crippen molar-refractivity contribution >= 4 is 29.2 Å². The van der Waals surface area contributed by atoms with E-state index in [0.29, 0.717) is 24.4 Å². The number of rotatable bonds is 10. The molecule has 6 heteroatoms. The molecule has 0 aliphatic carbocycles. The highest BCUT2D eigenvalue weighted by Crippen LogP contribution is 2.19. The molecule has 2 amide bonds. The summed E-state index contributed by atoms with van der Waals surface area (Å²) >= 11 is 0. The molecule has 2 aromatic rings. The molecule has 2 rings (SSSR count). The van der Waals surface area contributed by atoms with Gasteiger partial charge in [0, 0.05) is 38.2 Å². The zero-order chi connectivity index (χ0) is 21.1. The maximum absolute atomic E-state index is 12.1. The highest BCUT2D eigenvalue weighted by molar-refractivity contribution is 5.94. The summed E-state index contributed by atoms with van der Waals surface area (Å²) in [5.41, 5.74) is 2.54. The van der Waals surface area contributed by atoms with E-state index in [2.05, 4.69) is 5.32 Å². The van der Waals surface area contributed by atoms with Crippen molar-refractivity contribution in [2.75, 3.05) is 23.9 Å².